The zero-order chi connectivity index (χ0) is 18.0. The largest absolute Gasteiger partial charge is 0.464 e. The lowest BCUT2D eigenvalue weighted by atomic mass is 10.2. The predicted molar refractivity (Wildman–Crippen MR) is 98.1 cm³/mol. The zero-order valence-electron chi connectivity index (χ0n) is 14.9. The van der Waals surface area contributed by atoms with Crippen LogP contribution in [0.25, 0.3) is 10.9 Å². The highest BCUT2D eigenvalue weighted by Crippen LogP contribution is 2.29. The summed E-state index contributed by atoms with van der Waals surface area (Å²) in [6.07, 6.45) is 5.42. The number of carbonyl (C=O) groups excluding carboxylic acids is 1. The van der Waals surface area contributed by atoms with E-state index in [0.29, 0.717) is 6.61 Å². The molecule has 3 rings (SSSR count). The van der Waals surface area contributed by atoms with Crippen molar-refractivity contribution in [1.82, 2.24) is 14.5 Å². The van der Waals surface area contributed by atoms with E-state index in [1.54, 1.807) is 12.4 Å². The highest BCUT2D eigenvalue weighted by atomic mass is 16.5. The van der Waals surface area contributed by atoms with E-state index in [1.807, 2.05) is 56.7 Å². The van der Waals surface area contributed by atoms with E-state index in [0.717, 1.165) is 33.7 Å². The molecule has 0 amide bonds. The van der Waals surface area contributed by atoms with Gasteiger partial charge in [-0.2, -0.15) is 0 Å². The maximum absolute atomic E-state index is 12.1. The number of nitrogens with zero attached hydrogens (tertiary/aromatic N) is 3. The van der Waals surface area contributed by atoms with Gasteiger partial charge in [-0.3, -0.25) is 4.98 Å². The van der Waals surface area contributed by atoms with Gasteiger partial charge in [-0.05, 0) is 51.5 Å². The van der Waals surface area contributed by atoms with Crippen molar-refractivity contribution in [3.8, 4) is 0 Å². The van der Waals surface area contributed by atoms with Crippen LogP contribution in [0.5, 0.6) is 0 Å². The van der Waals surface area contributed by atoms with Crippen LogP contribution in [0.15, 0.2) is 36.8 Å². The average Bonchev–Trinajstić information content (AvgIpc) is 3.02. The Kier molecular flexibility index (Phi) is 4.70. The van der Waals surface area contributed by atoms with Crippen LogP contribution >= 0.6 is 0 Å². The summed E-state index contributed by atoms with van der Waals surface area (Å²) in [6, 6.07) is 5.43. The molecule has 0 aliphatic heterocycles. The molecule has 1 atom stereocenters. The molecule has 0 saturated heterocycles. The molecule has 0 aliphatic rings. The van der Waals surface area contributed by atoms with Gasteiger partial charge < -0.3 is 14.6 Å². The predicted octanol–water partition coefficient (Wildman–Crippen LogP) is 3.92. The quantitative estimate of drug-likeness (QED) is 0.714. The number of nitrogens with one attached hydrogen (secondary N) is 1. The number of anilines is 2. The van der Waals surface area contributed by atoms with Crippen molar-refractivity contribution in [3.05, 3.63) is 48.0 Å². The first-order valence-electron chi connectivity index (χ1n) is 8.34. The van der Waals surface area contributed by atoms with E-state index in [1.165, 1.54) is 0 Å². The Morgan fingerprint density at radius 1 is 1.24 bits per heavy atom. The average molecular weight is 338 g/mol. The molecule has 3 aromatic rings. The van der Waals surface area contributed by atoms with Crippen molar-refractivity contribution in [2.75, 3.05) is 11.9 Å². The third-order valence-corrected chi connectivity index (χ3v) is 4.28. The van der Waals surface area contributed by atoms with Gasteiger partial charge in [0.15, 0.2) is 0 Å². The second-order valence-corrected chi connectivity index (χ2v) is 5.96. The van der Waals surface area contributed by atoms with Gasteiger partial charge in [0.25, 0.3) is 0 Å². The van der Waals surface area contributed by atoms with E-state index in [2.05, 4.69) is 15.3 Å². The van der Waals surface area contributed by atoms with Crippen LogP contribution in [0.1, 0.15) is 31.1 Å². The molecule has 25 heavy (non-hydrogen) atoms. The molecule has 6 nitrogen and oxygen atoms in total. The van der Waals surface area contributed by atoms with Crippen LogP contribution < -0.4 is 5.32 Å². The van der Waals surface area contributed by atoms with Gasteiger partial charge in [-0.1, -0.05) is 0 Å². The Labute approximate surface area is 146 Å². The second-order valence-electron chi connectivity index (χ2n) is 5.96. The Balaban J connectivity index is 2.00. The Hall–Kier alpha value is -2.89. The Morgan fingerprint density at radius 2 is 2.00 bits per heavy atom. The summed E-state index contributed by atoms with van der Waals surface area (Å²) in [6.45, 7) is 8.01. The van der Waals surface area contributed by atoms with Crippen molar-refractivity contribution in [3.63, 3.8) is 0 Å². The first-order chi connectivity index (χ1) is 12.0. The van der Waals surface area contributed by atoms with E-state index < -0.39 is 6.04 Å². The molecule has 1 unspecified atom stereocenters. The maximum Gasteiger partial charge on any atom is 0.328 e. The Bertz CT molecular complexity index is 897. The number of ether oxygens (including phenoxy) is 1. The van der Waals surface area contributed by atoms with Gasteiger partial charge in [-0.25, -0.2) is 9.78 Å². The number of aryl methyl sites for hydroxylation is 2. The number of esters is 1. The van der Waals surface area contributed by atoms with Gasteiger partial charge >= 0.3 is 5.97 Å². The summed E-state index contributed by atoms with van der Waals surface area (Å²) in [7, 11) is 0. The summed E-state index contributed by atoms with van der Waals surface area (Å²) < 4.78 is 7.04. The third-order valence-electron chi connectivity index (χ3n) is 4.28. The van der Waals surface area contributed by atoms with Gasteiger partial charge in [0.1, 0.15) is 11.9 Å². The lowest BCUT2D eigenvalue weighted by Crippen LogP contribution is -2.18. The summed E-state index contributed by atoms with van der Waals surface area (Å²) in [5, 5.41) is 4.33. The number of aromatic nitrogens is 3. The number of hydrogen-bond donors (Lipinski definition) is 1. The van der Waals surface area contributed by atoms with Crippen molar-refractivity contribution < 1.29 is 9.53 Å². The highest BCUT2D eigenvalue weighted by molar-refractivity contribution is 5.93. The van der Waals surface area contributed by atoms with Crippen LogP contribution in [0, 0.1) is 13.8 Å². The number of hydrogen-bond acceptors (Lipinski definition) is 5. The first kappa shape index (κ1) is 17.0. The minimum Gasteiger partial charge on any atom is -0.464 e. The second kappa shape index (κ2) is 6.93. The highest BCUT2D eigenvalue weighted by Gasteiger charge is 2.19. The minimum atomic E-state index is -0.394. The molecule has 0 radical (unpaired) electrons. The third kappa shape index (κ3) is 3.20. The fourth-order valence-corrected chi connectivity index (χ4v) is 2.90. The lowest BCUT2D eigenvalue weighted by Gasteiger charge is -2.15. The molecule has 6 heteroatoms. The Morgan fingerprint density at radius 3 is 2.72 bits per heavy atom. The minimum absolute atomic E-state index is 0.245. The van der Waals surface area contributed by atoms with Crippen LogP contribution in [0.2, 0.25) is 0 Å². The summed E-state index contributed by atoms with van der Waals surface area (Å²) in [5.41, 5.74) is 3.90. The number of pyridine rings is 2. The van der Waals surface area contributed by atoms with Crippen molar-refractivity contribution in [2.24, 2.45) is 0 Å². The number of fused-ring (bicyclic) bond motifs is 1. The molecule has 3 aromatic heterocycles. The molecule has 0 aliphatic carbocycles. The fraction of sp³-hybridized carbons (Fsp3) is 0.316. The summed E-state index contributed by atoms with van der Waals surface area (Å²) in [5.74, 6) is 0.497. The fourth-order valence-electron chi connectivity index (χ4n) is 2.90. The molecule has 1 N–H and O–H groups in total. The van der Waals surface area contributed by atoms with Crippen molar-refractivity contribution in [1.29, 1.82) is 0 Å². The van der Waals surface area contributed by atoms with Crippen molar-refractivity contribution in [2.45, 2.75) is 33.7 Å². The molecule has 3 heterocycles. The van der Waals surface area contributed by atoms with Gasteiger partial charge in [0.2, 0.25) is 0 Å². The topological polar surface area (TPSA) is 69.0 Å². The molecule has 0 fully saturated rings. The van der Waals surface area contributed by atoms with Gasteiger partial charge in [0.05, 0.1) is 23.5 Å². The van der Waals surface area contributed by atoms with Crippen LogP contribution in [-0.4, -0.2) is 27.1 Å². The van der Waals surface area contributed by atoms with E-state index >= 15 is 0 Å². The maximum atomic E-state index is 12.1. The van der Waals surface area contributed by atoms with E-state index in [9.17, 15) is 4.79 Å². The zero-order valence-corrected chi connectivity index (χ0v) is 14.9. The molecular formula is C19H22N4O2. The summed E-state index contributed by atoms with van der Waals surface area (Å²) in [4.78, 5) is 20.9. The molecule has 130 valence electrons. The molecule has 0 saturated carbocycles. The SMILES string of the molecule is CCOC(=O)C(C)n1ccc2c(Nc3c(C)ccnc3C)nccc21. The number of carbonyl (C=O) groups is 1. The monoisotopic (exact) mass is 338 g/mol. The van der Waals surface area contributed by atoms with Crippen molar-refractivity contribution >= 4 is 28.4 Å². The van der Waals surface area contributed by atoms with E-state index in [4.69, 9.17) is 4.74 Å². The normalized spacial score (nSPS) is 12.2. The van der Waals surface area contributed by atoms with Gasteiger partial charge in [-0.15, -0.1) is 0 Å². The summed E-state index contributed by atoms with van der Waals surface area (Å²) >= 11 is 0. The van der Waals surface area contributed by atoms with Crippen LogP contribution in [0.3, 0.4) is 0 Å². The molecule has 0 aromatic carbocycles. The molecule has 0 spiro atoms. The molecule has 0 bridgehead atoms. The molecular weight excluding hydrogens is 316 g/mol. The lowest BCUT2D eigenvalue weighted by molar-refractivity contribution is -0.146. The van der Waals surface area contributed by atoms with E-state index in [-0.39, 0.29) is 5.97 Å². The van der Waals surface area contributed by atoms with Crippen LogP contribution in [0.4, 0.5) is 11.5 Å². The van der Waals surface area contributed by atoms with Crippen LogP contribution in [-0.2, 0) is 9.53 Å². The smallest absolute Gasteiger partial charge is 0.328 e. The standard InChI is InChI=1S/C19H22N4O2/c1-5-25-19(24)14(4)23-11-8-15-16(23)7-10-21-18(15)22-17-12(2)6-9-20-13(17)3/h6-11,14H,5H2,1-4H3,(H,21,22). The van der Waals surface area contributed by atoms with Gasteiger partial charge in [0, 0.05) is 24.0 Å². The first-order valence-corrected chi connectivity index (χ1v) is 8.34. The number of rotatable bonds is 5.